The molecular weight excluding hydrogens is 366 g/mol. The van der Waals surface area contributed by atoms with Crippen LogP contribution in [0.4, 0.5) is 5.69 Å². The van der Waals surface area contributed by atoms with E-state index in [-0.39, 0.29) is 5.91 Å². The number of rotatable bonds is 5. The Kier molecular flexibility index (Phi) is 5.45. The zero-order valence-corrected chi connectivity index (χ0v) is 17.0. The van der Waals surface area contributed by atoms with Crippen molar-refractivity contribution in [3.8, 4) is 5.88 Å². The summed E-state index contributed by atoms with van der Waals surface area (Å²) in [5, 5.41) is 4.92. The number of amides is 1. The van der Waals surface area contributed by atoms with Gasteiger partial charge in [-0.15, -0.1) is 0 Å². The fraction of sp³-hybridized carbons (Fsp3) is 0.348. The van der Waals surface area contributed by atoms with E-state index in [1.165, 1.54) is 0 Å². The van der Waals surface area contributed by atoms with E-state index in [1.807, 2.05) is 51.1 Å². The van der Waals surface area contributed by atoms with Crippen molar-refractivity contribution in [1.82, 2.24) is 9.97 Å². The lowest BCUT2D eigenvalue weighted by atomic mass is 10.1. The van der Waals surface area contributed by atoms with E-state index >= 15 is 0 Å². The van der Waals surface area contributed by atoms with Gasteiger partial charge in [0.2, 0.25) is 5.88 Å². The summed E-state index contributed by atoms with van der Waals surface area (Å²) in [4.78, 5) is 21.5. The van der Waals surface area contributed by atoms with Gasteiger partial charge in [-0.25, -0.2) is 9.97 Å². The largest absolute Gasteiger partial charge is 0.477 e. The summed E-state index contributed by atoms with van der Waals surface area (Å²) in [5.74, 6) is 0.827. The average molecular weight is 391 g/mol. The van der Waals surface area contributed by atoms with Gasteiger partial charge in [0.05, 0.1) is 13.2 Å². The second-order valence-electron chi connectivity index (χ2n) is 7.62. The van der Waals surface area contributed by atoms with Gasteiger partial charge in [-0.1, -0.05) is 6.07 Å². The summed E-state index contributed by atoms with van der Waals surface area (Å²) in [6.45, 7) is 7.91. The lowest BCUT2D eigenvalue weighted by Gasteiger charge is -2.14. The first-order valence-electron chi connectivity index (χ1n) is 9.87. The number of benzene rings is 1. The third kappa shape index (κ3) is 4.22. The molecule has 6 nitrogen and oxygen atoms in total. The maximum absolute atomic E-state index is 12.7. The second kappa shape index (κ2) is 8.17. The number of nitrogens with one attached hydrogen (secondary N) is 1. The highest BCUT2D eigenvalue weighted by Crippen LogP contribution is 2.30. The topological polar surface area (TPSA) is 73.3 Å². The van der Waals surface area contributed by atoms with E-state index in [9.17, 15) is 4.79 Å². The first-order valence-corrected chi connectivity index (χ1v) is 9.87. The van der Waals surface area contributed by atoms with Crippen LogP contribution in [-0.2, 0) is 4.74 Å². The molecule has 0 radical (unpaired) electrons. The molecule has 1 unspecified atom stereocenters. The van der Waals surface area contributed by atoms with Crippen molar-refractivity contribution in [3.63, 3.8) is 0 Å². The molecule has 6 heteroatoms. The van der Waals surface area contributed by atoms with Crippen LogP contribution in [-0.4, -0.2) is 35.7 Å². The Morgan fingerprint density at radius 2 is 2.07 bits per heavy atom. The van der Waals surface area contributed by atoms with Crippen LogP contribution in [0.3, 0.4) is 0 Å². The van der Waals surface area contributed by atoms with Gasteiger partial charge in [0.15, 0.2) is 0 Å². The summed E-state index contributed by atoms with van der Waals surface area (Å²) in [6.07, 6.45) is 2.76. The van der Waals surface area contributed by atoms with E-state index in [4.69, 9.17) is 9.47 Å². The maximum Gasteiger partial charge on any atom is 0.274 e. The Morgan fingerprint density at radius 3 is 2.86 bits per heavy atom. The first-order chi connectivity index (χ1) is 14.0. The van der Waals surface area contributed by atoms with Crippen molar-refractivity contribution >= 4 is 22.4 Å². The molecule has 1 saturated heterocycles. The lowest BCUT2D eigenvalue weighted by molar-refractivity contribution is 0.102. The predicted molar refractivity (Wildman–Crippen MR) is 113 cm³/mol. The highest BCUT2D eigenvalue weighted by atomic mass is 16.5. The molecule has 1 N–H and O–H groups in total. The zero-order chi connectivity index (χ0) is 20.4. The van der Waals surface area contributed by atoms with Crippen LogP contribution < -0.4 is 10.1 Å². The maximum atomic E-state index is 12.7. The van der Waals surface area contributed by atoms with Gasteiger partial charge in [-0.3, -0.25) is 4.79 Å². The fourth-order valence-corrected chi connectivity index (χ4v) is 3.63. The normalized spacial score (nSPS) is 16.2. The summed E-state index contributed by atoms with van der Waals surface area (Å²) in [5.41, 5.74) is 3.83. The van der Waals surface area contributed by atoms with Gasteiger partial charge in [-0.05, 0) is 68.0 Å². The Bertz CT molecular complexity index is 1060. The monoisotopic (exact) mass is 391 g/mol. The van der Waals surface area contributed by atoms with Crippen molar-refractivity contribution in [3.05, 3.63) is 59.0 Å². The number of ether oxygens (including phenoxy) is 2. The number of carbonyl (C=O) groups is 1. The number of pyridine rings is 2. The lowest BCUT2D eigenvalue weighted by Crippen LogP contribution is -2.16. The minimum Gasteiger partial charge on any atom is -0.477 e. The standard InChI is InChI=1S/C23H25N3O3/c1-14-4-5-16(3)25-21(14)22(27)26-19-10-15(2)20-18(11-19)6-8-24-23(20)29-13-17-7-9-28-12-17/h4-6,8,10-11,17H,7,9,12-13H2,1-3H3,(H,26,27). The molecule has 4 rings (SSSR count). The third-order valence-electron chi connectivity index (χ3n) is 5.21. The van der Waals surface area contributed by atoms with Crippen LogP contribution in [0.1, 0.15) is 33.7 Å². The van der Waals surface area contributed by atoms with Crippen LogP contribution in [0.15, 0.2) is 36.5 Å². The minimum absolute atomic E-state index is 0.211. The SMILES string of the molecule is Cc1ccc(C)c(C(=O)Nc2cc(C)c3c(OCC4CCOC4)nccc3c2)n1. The molecule has 0 bridgehead atoms. The number of anilines is 1. The van der Waals surface area contributed by atoms with Gasteiger partial charge in [0.25, 0.3) is 5.91 Å². The van der Waals surface area contributed by atoms with Crippen LogP contribution in [0.25, 0.3) is 10.8 Å². The minimum atomic E-state index is -0.211. The van der Waals surface area contributed by atoms with Crippen LogP contribution in [0, 0.1) is 26.7 Å². The molecule has 1 aromatic carbocycles. The summed E-state index contributed by atoms with van der Waals surface area (Å²) in [7, 11) is 0. The Labute approximate surface area is 170 Å². The van der Waals surface area contributed by atoms with Gasteiger partial charge in [0, 0.05) is 35.5 Å². The molecule has 2 aromatic heterocycles. The highest BCUT2D eigenvalue weighted by molar-refractivity contribution is 6.05. The molecule has 29 heavy (non-hydrogen) atoms. The number of nitrogens with zero attached hydrogens (tertiary/aromatic N) is 2. The van der Waals surface area contributed by atoms with Crippen LogP contribution in [0.2, 0.25) is 0 Å². The van der Waals surface area contributed by atoms with E-state index in [0.29, 0.717) is 24.1 Å². The van der Waals surface area contributed by atoms with Crippen molar-refractivity contribution < 1.29 is 14.3 Å². The van der Waals surface area contributed by atoms with Crippen molar-refractivity contribution in [2.75, 3.05) is 25.1 Å². The number of hydrogen-bond donors (Lipinski definition) is 1. The molecule has 0 saturated carbocycles. The van der Waals surface area contributed by atoms with Gasteiger partial charge >= 0.3 is 0 Å². The fourth-order valence-electron chi connectivity index (χ4n) is 3.63. The molecular formula is C23H25N3O3. The van der Waals surface area contributed by atoms with E-state index in [1.54, 1.807) is 6.20 Å². The molecule has 0 aliphatic carbocycles. The van der Waals surface area contributed by atoms with E-state index in [2.05, 4.69) is 15.3 Å². The molecule has 1 amide bonds. The zero-order valence-electron chi connectivity index (χ0n) is 17.0. The van der Waals surface area contributed by atoms with Gasteiger partial charge < -0.3 is 14.8 Å². The predicted octanol–water partition coefficient (Wildman–Crippen LogP) is 4.22. The smallest absolute Gasteiger partial charge is 0.274 e. The van der Waals surface area contributed by atoms with Crippen molar-refractivity contribution in [2.45, 2.75) is 27.2 Å². The summed E-state index contributed by atoms with van der Waals surface area (Å²) < 4.78 is 11.4. The van der Waals surface area contributed by atoms with Gasteiger partial charge in [0.1, 0.15) is 5.69 Å². The van der Waals surface area contributed by atoms with E-state index in [0.717, 1.165) is 52.9 Å². The molecule has 1 fully saturated rings. The molecule has 0 spiro atoms. The average Bonchev–Trinajstić information content (AvgIpc) is 3.21. The van der Waals surface area contributed by atoms with Gasteiger partial charge in [-0.2, -0.15) is 0 Å². The first kappa shape index (κ1) is 19.3. The molecule has 1 atom stereocenters. The second-order valence-corrected chi connectivity index (χ2v) is 7.62. The summed E-state index contributed by atoms with van der Waals surface area (Å²) in [6, 6.07) is 9.63. The number of carbonyl (C=O) groups excluding carboxylic acids is 1. The molecule has 3 aromatic rings. The van der Waals surface area contributed by atoms with Crippen LogP contribution >= 0.6 is 0 Å². The van der Waals surface area contributed by atoms with Crippen LogP contribution in [0.5, 0.6) is 5.88 Å². The molecule has 150 valence electrons. The number of fused-ring (bicyclic) bond motifs is 1. The quantitative estimate of drug-likeness (QED) is 0.705. The molecule has 1 aliphatic rings. The number of aromatic nitrogens is 2. The Hall–Kier alpha value is -2.99. The molecule has 1 aliphatic heterocycles. The Balaban J connectivity index is 1.58. The summed E-state index contributed by atoms with van der Waals surface area (Å²) >= 11 is 0. The highest BCUT2D eigenvalue weighted by Gasteiger charge is 2.18. The molecule has 3 heterocycles. The van der Waals surface area contributed by atoms with Crippen molar-refractivity contribution in [2.24, 2.45) is 5.92 Å². The number of hydrogen-bond acceptors (Lipinski definition) is 5. The third-order valence-corrected chi connectivity index (χ3v) is 5.21. The van der Waals surface area contributed by atoms with E-state index < -0.39 is 0 Å². The number of aryl methyl sites for hydroxylation is 3. The Morgan fingerprint density at radius 1 is 1.21 bits per heavy atom. The van der Waals surface area contributed by atoms with Crippen molar-refractivity contribution in [1.29, 1.82) is 0 Å².